The zero-order valence-electron chi connectivity index (χ0n) is 10.3. The number of nitriles is 1. The van der Waals surface area contributed by atoms with Gasteiger partial charge in [-0.1, -0.05) is 0 Å². The van der Waals surface area contributed by atoms with Crippen LogP contribution in [0, 0.1) is 18.4 Å². The molecule has 1 aromatic rings. The van der Waals surface area contributed by atoms with Crippen LogP contribution in [-0.2, 0) is 0 Å². The van der Waals surface area contributed by atoms with Gasteiger partial charge in [0.05, 0.1) is 6.54 Å². The fourth-order valence-corrected chi connectivity index (χ4v) is 1.26. The molecule has 0 unspecified atom stereocenters. The first-order valence-corrected chi connectivity index (χ1v) is 5.28. The lowest BCUT2D eigenvalue weighted by atomic mass is 10.5. The molecule has 1 heterocycles. The van der Waals surface area contributed by atoms with Gasteiger partial charge in [0.15, 0.2) is 6.19 Å². The molecule has 1 rings (SSSR count). The van der Waals surface area contributed by atoms with Crippen LogP contribution in [0.3, 0.4) is 0 Å². The van der Waals surface area contributed by atoms with Gasteiger partial charge in [-0.15, -0.1) is 0 Å². The fraction of sp³-hybridized carbons (Fsp3) is 0.500. The fourth-order valence-electron chi connectivity index (χ4n) is 1.26. The predicted octanol–water partition coefficient (Wildman–Crippen LogP) is -0.200. The van der Waals surface area contributed by atoms with E-state index in [9.17, 15) is 0 Å². The Kier molecular flexibility index (Phi) is 4.81. The third-order valence-electron chi connectivity index (χ3n) is 2.20. The standard InChI is InChI=1S/C10H17N7/c1-8-14-6-9(16-8)17(3)5-4-13-10(12-2)15-7-11/h6H,4-5H2,1-3H3,(H,14,16)(H2,12,13,15). The molecule has 0 amide bonds. The molecule has 0 bridgehead atoms. The van der Waals surface area contributed by atoms with E-state index in [-0.39, 0.29) is 0 Å². The number of aromatic nitrogens is 2. The van der Waals surface area contributed by atoms with E-state index in [1.54, 1.807) is 7.05 Å². The van der Waals surface area contributed by atoms with Crippen LogP contribution >= 0.6 is 0 Å². The molecule has 0 saturated carbocycles. The lowest BCUT2D eigenvalue weighted by Gasteiger charge is -2.14. The van der Waals surface area contributed by atoms with Gasteiger partial charge in [0.2, 0.25) is 5.96 Å². The van der Waals surface area contributed by atoms with Gasteiger partial charge in [-0.25, -0.2) is 4.98 Å². The second-order valence-corrected chi connectivity index (χ2v) is 3.48. The summed E-state index contributed by atoms with van der Waals surface area (Å²) in [6.45, 7) is 3.21. The number of imidazole rings is 1. The van der Waals surface area contributed by atoms with E-state index in [1.807, 2.05) is 31.3 Å². The minimum absolute atomic E-state index is 0.471. The molecule has 3 N–H and O–H groups in total. The normalized spacial score (nSPS) is 10.8. The molecular formula is C10H17N7. The van der Waals surface area contributed by atoms with Crippen LogP contribution in [0.4, 0.5) is 5.82 Å². The number of aliphatic imine (C=N–C) groups is 1. The van der Waals surface area contributed by atoms with Crippen LogP contribution in [0.2, 0.25) is 0 Å². The molecule has 92 valence electrons. The number of aryl methyl sites for hydroxylation is 1. The molecule has 0 spiro atoms. The maximum atomic E-state index is 8.45. The quantitative estimate of drug-likeness (QED) is 0.291. The number of guanidine groups is 1. The largest absolute Gasteiger partial charge is 0.359 e. The van der Waals surface area contributed by atoms with Crippen LogP contribution in [0.5, 0.6) is 0 Å². The Morgan fingerprint density at radius 3 is 3.00 bits per heavy atom. The summed E-state index contributed by atoms with van der Waals surface area (Å²) in [6, 6.07) is 0. The first-order valence-electron chi connectivity index (χ1n) is 5.28. The maximum Gasteiger partial charge on any atom is 0.204 e. The van der Waals surface area contributed by atoms with Crippen molar-refractivity contribution in [2.75, 3.05) is 32.1 Å². The van der Waals surface area contributed by atoms with Crippen molar-refractivity contribution in [2.45, 2.75) is 6.92 Å². The Balaban J connectivity index is 2.43. The molecule has 7 heteroatoms. The zero-order valence-corrected chi connectivity index (χ0v) is 10.3. The van der Waals surface area contributed by atoms with Crippen LogP contribution in [0.15, 0.2) is 11.2 Å². The van der Waals surface area contributed by atoms with Crippen LogP contribution in [0.25, 0.3) is 0 Å². The van der Waals surface area contributed by atoms with Crippen LogP contribution < -0.4 is 15.5 Å². The summed E-state index contributed by atoms with van der Waals surface area (Å²) in [5.41, 5.74) is 0. The van der Waals surface area contributed by atoms with E-state index in [0.717, 1.165) is 18.2 Å². The summed E-state index contributed by atoms with van der Waals surface area (Å²) in [7, 11) is 3.66. The molecule has 7 nitrogen and oxygen atoms in total. The summed E-state index contributed by atoms with van der Waals surface area (Å²) in [4.78, 5) is 13.5. The van der Waals surface area contributed by atoms with Crippen molar-refractivity contribution in [3.05, 3.63) is 12.0 Å². The van der Waals surface area contributed by atoms with Crippen molar-refractivity contribution < 1.29 is 0 Å². The van der Waals surface area contributed by atoms with Crippen LogP contribution in [-0.4, -0.2) is 43.1 Å². The Hall–Kier alpha value is -2.23. The van der Waals surface area contributed by atoms with Gasteiger partial charge in [-0.05, 0) is 6.92 Å². The molecule has 0 radical (unpaired) electrons. The number of likely N-dealkylation sites (N-methyl/N-ethyl adjacent to an activating group) is 1. The number of H-pyrrole nitrogens is 1. The Labute approximate surface area is 101 Å². The van der Waals surface area contributed by atoms with E-state index in [2.05, 4.69) is 25.6 Å². The average Bonchev–Trinajstić information content (AvgIpc) is 2.74. The monoisotopic (exact) mass is 235 g/mol. The molecule has 0 atom stereocenters. The Morgan fingerprint density at radius 2 is 2.47 bits per heavy atom. The minimum Gasteiger partial charge on any atom is -0.359 e. The Morgan fingerprint density at radius 1 is 1.71 bits per heavy atom. The second-order valence-electron chi connectivity index (χ2n) is 3.48. The van der Waals surface area contributed by atoms with Gasteiger partial charge in [0.25, 0.3) is 0 Å². The SMILES string of the molecule is CNC(=NCCN(C)c1c[nH]c(C)n1)NC#N. The number of aromatic amines is 1. The number of nitrogens with one attached hydrogen (secondary N) is 3. The number of hydrogen-bond acceptors (Lipinski definition) is 4. The predicted molar refractivity (Wildman–Crippen MR) is 66.7 cm³/mol. The average molecular weight is 235 g/mol. The lowest BCUT2D eigenvalue weighted by Crippen LogP contribution is -2.32. The molecule has 1 aromatic heterocycles. The molecule has 0 aliphatic heterocycles. The van der Waals surface area contributed by atoms with Gasteiger partial charge in [-0.3, -0.25) is 10.3 Å². The van der Waals surface area contributed by atoms with E-state index in [1.165, 1.54) is 0 Å². The summed E-state index contributed by atoms with van der Waals surface area (Å²) in [6.07, 6.45) is 3.67. The zero-order chi connectivity index (χ0) is 12.7. The summed E-state index contributed by atoms with van der Waals surface area (Å²) < 4.78 is 0. The van der Waals surface area contributed by atoms with E-state index < -0.39 is 0 Å². The molecule has 0 aliphatic rings. The highest BCUT2D eigenvalue weighted by Crippen LogP contribution is 2.07. The van der Waals surface area contributed by atoms with Crippen molar-refractivity contribution in [2.24, 2.45) is 4.99 Å². The molecule has 0 fully saturated rings. The van der Waals surface area contributed by atoms with Crippen molar-refractivity contribution in [3.8, 4) is 6.19 Å². The van der Waals surface area contributed by atoms with E-state index in [4.69, 9.17) is 5.26 Å². The molecule has 17 heavy (non-hydrogen) atoms. The third kappa shape index (κ3) is 4.03. The van der Waals surface area contributed by atoms with Gasteiger partial charge < -0.3 is 15.2 Å². The summed E-state index contributed by atoms with van der Waals surface area (Å²) in [5, 5.41) is 13.7. The topological polar surface area (TPSA) is 92.1 Å². The van der Waals surface area contributed by atoms with Gasteiger partial charge in [-0.2, -0.15) is 5.26 Å². The number of nitrogens with zero attached hydrogens (tertiary/aromatic N) is 4. The summed E-state index contributed by atoms with van der Waals surface area (Å²) in [5.74, 6) is 2.24. The van der Waals surface area contributed by atoms with Crippen LogP contribution in [0.1, 0.15) is 5.82 Å². The maximum absolute atomic E-state index is 8.45. The number of rotatable bonds is 4. The number of hydrogen-bond donors (Lipinski definition) is 3. The first-order chi connectivity index (χ1) is 8.17. The minimum atomic E-state index is 0.471. The third-order valence-corrected chi connectivity index (χ3v) is 2.20. The summed E-state index contributed by atoms with van der Waals surface area (Å²) >= 11 is 0. The highest BCUT2D eigenvalue weighted by Gasteiger charge is 2.03. The van der Waals surface area contributed by atoms with E-state index >= 15 is 0 Å². The Bertz CT molecular complexity index is 415. The molecule has 0 aliphatic carbocycles. The first kappa shape index (κ1) is 12.8. The van der Waals surface area contributed by atoms with Gasteiger partial charge >= 0.3 is 0 Å². The van der Waals surface area contributed by atoms with Crippen molar-refractivity contribution in [1.82, 2.24) is 20.6 Å². The van der Waals surface area contributed by atoms with E-state index in [0.29, 0.717) is 12.5 Å². The van der Waals surface area contributed by atoms with Crippen molar-refractivity contribution in [1.29, 1.82) is 5.26 Å². The number of anilines is 1. The highest BCUT2D eigenvalue weighted by molar-refractivity contribution is 5.80. The van der Waals surface area contributed by atoms with Gasteiger partial charge in [0, 0.05) is 26.8 Å². The highest BCUT2D eigenvalue weighted by atomic mass is 15.2. The van der Waals surface area contributed by atoms with Gasteiger partial charge in [0.1, 0.15) is 11.6 Å². The van der Waals surface area contributed by atoms with Crippen molar-refractivity contribution >= 4 is 11.8 Å². The lowest BCUT2D eigenvalue weighted by molar-refractivity contribution is 0.859. The molecule has 0 aromatic carbocycles. The van der Waals surface area contributed by atoms with Crippen molar-refractivity contribution in [3.63, 3.8) is 0 Å². The smallest absolute Gasteiger partial charge is 0.204 e. The molecular weight excluding hydrogens is 218 g/mol. The second kappa shape index (κ2) is 6.37. The molecule has 0 saturated heterocycles.